The maximum Gasteiger partial charge on any atom is 0.138 e. The zero-order valence-corrected chi connectivity index (χ0v) is 12.2. The Labute approximate surface area is 118 Å². The molecule has 102 valence electrons. The van der Waals surface area contributed by atoms with Crippen molar-refractivity contribution in [2.75, 3.05) is 7.05 Å². The van der Waals surface area contributed by atoms with Gasteiger partial charge in [-0.2, -0.15) is 5.10 Å². The molecule has 1 heterocycles. The first-order chi connectivity index (χ1) is 9.10. The molecule has 5 heteroatoms. The standard InChI is InChI=1S/C14H18ClN3O/c1-10-6-12(18(3)17-10)9-19-14-5-4-11(8-16-2)7-13(14)15/h4-7,16H,8-9H2,1-3H3. The average molecular weight is 280 g/mol. The summed E-state index contributed by atoms with van der Waals surface area (Å²) in [5.41, 5.74) is 3.14. The van der Waals surface area contributed by atoms with Crippen molar-refractivity contribution in [2.24, 2.45) is 7.05 Å². The van der Waals surface area contributed by atoms with Crippen LogP contribution in [0, 0.1) is 6.92 Å². The van der Waals surface area contributed by atoms with E-state index in [0.29, 0.717) is 17.4 Å². The summed E-state index contributed by atoms with van der Waals surface area (Å²) in [6.45, 7) is 3.21. The van der Waals surface area contributed by atoms with Crippen molar-refractivity contribution in [1.82, 2.24) is 15.1 Å². The summed E-state index contributed by atoms with van der Waals surface area (Å²) in [6, 6.07) is 7.83. The van der Waals surface area contributed by atoms with Crippen LogP contribution >= 0.6 is 11.6 Å². The largest absolute Gasteiger partial charge is 0.486 e. The summed E-state index contributed by atoms with van der Waals surface area (Å²) in [4.78, 5) is 0. The smallest absolute Gasteiger partial charge is 0.138 e. The van der Waals surface area contributed by atoms with E-state index in [1.54, 1.807) is 0 Å². The van der Waals surface area contributed by atoms with Crippen LogP contribution in [0.15, 0.2) is 24.3 Å². The summed E-state index contributed by atoms with van der Waals surface area (Å²) in [5, 5.41) is 8.00. The number of hydrogen-bond acceptors (Lipinski definition) is 3. The third-order valence-electron chi connectivity index (χ3n) is 2.85. The van der Waals surface area contributed by atoms with Crippen molar-refractivity contribution >= 4 is 11.6 Å². The van der Waals surface area contributed by atoms with Crippen LogP contribution in [0.4, 0.5) is 0 Å². The lowest BCUT2D eigenvalue weighted by atomic mass is 10.2. The van der Waals surface area contributed by atoms with E-state index in [0.717, 1.165) is 23.5 Å². The fourth-order valence-electron chi connectivity index (χ4n) is 1.93. The van der Waals surface area contributed by atoms with Gasteiger partial charge in [0, 0.05) is 13.6 Å². The van der Waals surface area contributed by atoms with Gasteiger partial charge in [-0.1, -0.05) is 17.7 Å². The summed E-state index contributed by atoms with van der Waals surface area (Å²) in [5.74, 6) is 0.695. The van der Waals surface area contributed by atoms with Crippen LogP contribution in [0.1, 0.15) is 17.0 Å². The van der Waals surface area contributed by atoms with Crippen LogP contribution in [0.25, 0.3) is 0 Å². The molecule has 0 saturated heterocycles. The number of aromatic nitrogens is 2. The monoisotopic (exact) mass is 279 g/mol. The second-order valence-corrected chi connectivity index (χ2v) is 4.89. The fourth-order valence-corrected chi connectivity index (χ4v) is 2.18. The molecular formula is C14H18ClN3O. The van der Waals surface area contributed by atoms with Gasteiger partial charge in [0.05, 0.1) is 16.4 Å². The van der Waals surface area contributed by atoms with Gasteiger partial charge in [0.15, 0.2) is 0 Å². The first-order valence-corrected chi connectivity index (χ1v) is 6.53. The Bertz CT molecular complexity index is 566. The van der Waals surface area contributed by atoms with E-state index in [2.05, 4.69) is 10.4 Å². The Hall–Kier alpha value is -1.52. The quantitative estimate of drug-likeness (QED) is 0.915. The number of rotatable bonds is 5. The third kappa shape index (κ3) is 3.49. The van der Waals surface area contributed by atoms with E-state index in [4.69, 9.17) is 16.3 Å². The maximum absolute atomic E-state index is 6.20. The van der Waals surface area contributed by atoms with Crippen LogP contribution in [-0.2, 0) is 20.2 Å². The second kappa shape index (κ2) is 6.08. The number of ether oxygens (including phenoxy) is 1. The lowest BCUT2D eigenvalue weighted by Crippen LogP contribution is -2.06. The highest BCUT2D eigenvalue weighted by atomic mass is 35.5. The predicted molar refractivity (Wildman–Crippen MR) is 76.5 cm³/mol. The van der Waals surface area contributed by atoms with E-state index >= 15 is 0 Å². The van der Waals surface area contributed by atoms with E-state index in [9.17, 15) is 0 Å². The van der Waals surface area contributed by atoms with Gasteiger partial charge in [-0.25, -0.2) is 0 Å². The van der Waals surface area contributed by atoms with E-state index in [1.165, 1.54) is 0 Å². The highest BCUT2D eigenvalue weighted by Crippen LogP contribution is 2.26. The van der Waals surface area contributed by atoms with Gasteiger partial charge in [0.1, 0.15) is 12.4 Å². The molecule has 0 bridgehead atoms. The van der Waals surface area contributed by atoms with Gasteiger partial charge >= 0.3 is 0 Å². The molecule has 0 atom stereocenters. The van der Waals surface area contributed by atoms with Gasteiger partial charge in [-0.05, 0) is 37.7 Å². The fraction of sp³-hybridized carbons (Fsp3) is 0.357. The van der Waals surface area contributed by atoms with Crippen molar-refractivity contribution in [2.45, 2.75) is 20.1 Å². The molecule has 1 aromatic heterocycles. The zero-order valence-electron chi connectivity index (χ0n) is 11.4. The molecule has 0 saturated carbocycles. The van der Waals surface area contributed by atoms with Crippen LogP contribution in [0.2, 0.25) is 5.02 Å². The molecule has 4 nitrogen and oxygen atoms in total. The number of nitrogens with one attached hydrogen (secondary N) is 1. The van der Waals surface area contributed by atoms with E-state index < -0.39 is 0 Å². The molecule has 0 amide bonds. The molecule has 1 aromatic carbocycles. The Morgan fingerprint density at radius 3 is 2.74 bits per heavy atom. The first-order valence-electron chi connectivity index (χ1n) is 6.15. The molecule has 0 fully saturated rings. The molecule has 0 radical (unpaired) electrons. The molecule has 2 aromatic rings. The minimum absolute atomic E-state index is 0.461. The lowest BCUT2D eigenvalue weighted by molar-refractivity contribution is 0.295. The molecule has 2 rings (SSSR count). The number of hydrogen-bond donors (Lipinski definition) is 1. The van der Waals surface area contributed by atoms with Crippen molar-refractivity contribution in [3.05, 3.63) is 46.2 Å². The molecule has 0 spiro atoms. The lowest BCUT2D eigenvalue weighted by Gasteiger charge is -2.09. The molecule has 1 N–H and O–H groups in total. The highest BCUT2D eigenvalue weighted by Gasteiger charge is 2.06. The predicted octanol–water partition coefficient (Wildman–Crippen LogP) is 2.68. The summed E-state index contributed by atoms with van der Waals surface area (Å²) in [7, 11) is 3.81. The van der Waals surface area contributed by atoms with Crippen LogP contribution in [-0.4, -0.2) is 16.8 Å². The number of halogens is 1. The Morgan fingerprint density at radius 1 is 1.37 bits per heavy atom. The third-order valence-corrected chi connectivity index (χ3v) is 3.15. The van der Waals surface area contributed by atoms with Crippen molar-refractivity contribution in [3.8, 4) is 5.75 Å². The summed E-state index contributed by atoms with van der Waals surface area (Å²) >= 11 is 6.20. The summed E-state index contributed by atoms with van der Waals surface area (Å²) < 4.78 is 7.56. The minimum Gasteiger partial charge on any atom is -0.486 e. The van der Waals surface area contributed by atoms with Gasteiger partial charge in [-0.3, -0.25) is 4.68 Å². The molecule has 19 heavy (non-hydrogen) atoms. The normalized spacial score (nSPS) is 10.7. The second-order valence-electron chi connectivity index (χ2n) is 4.48. The number of nitrogens with zero attached hydrogens (tertiary/aromatic N) is 2. The highest BCUT2D eigenvalue weighted by molar-refractivity contribution is 6.32. The molecule has 0 aliphatic carbocycles. The van der Waals surface area contributed by atoms with Crippen molar-refractivity contribution in [3.63, 3.8) is 0 Å². The van der Waals surface area contributed by atoms with E-state index in [1.807, 2.05) is 50.0 Å². The molecule has 0 aliphatic rings. The van der Waals surface area contributed by atoms with Crippen molar-refractivity contribution < 1.29 is 4.74 Å². The van der Waals surface area contributed by atoms with Gasteiger partial charge in [0.25, 0.3) is 0 Å². The van der Waals surface area contributed by atoms with Crippen molar-refractivity contribution in [1.29, 1.82) is 0 Å². The van der Waals surface area contributed by atoms with E-state index in [-0.39, 0.29) is 0 Å². The molecule has 0 aliphatic heterocycles. The van der Waals surface area contributed by atoms with Gasteiger partial charge in [0.2, 0.25) is 0 Å². The van der Waals surface area contributed by atoms with Crippen LogP contribution < -0.4 is 10.1 Å². The maximum atomic E-state index is 6.20. The SMILES string of the molecule is CNCc1ccc(OCc2cc(C)nn2C)c(Cl)c1. The first kappa shape index (κ1) is 13.9. The Kier molecular flexibility index (Phi) is 4.45. The Balaban J connectivity index is 2.05. The zero-order chi connectivity index (χ0) is 13.8. The average Bonchev–Trinajstić information content (AvgIpc) is 2.67. The van der Waals surface area contributed by atoms with Crippen LogP contribution in [0.3, 0.4) is 0 Å². The number of benzene rings is 1. The molecular weight excluding hydrogens is 262 g/mol. The minimum atomic E-state index is 0.461. The topological polar surface area (TPSA) is 39.1 Å². The summed E-state index contributed by atoms with van der Waals surface area (Å²) in [6.07, 6.45) is 0. The van der Waals surface area contributed by atoms with Gasteiger partial charge < -0.3 is 10.1 Å². The van der Waals surface area contributed by atoms with Crippen LogP contribution in [0.5, 0.6) is 5.75 Å². The van der Waals surface area contributed by atoms with Gasteiger partial charge in [-0.15, -0.1) is 0 Å². The number of aryl methyl sites for hydroxylation is 2. The Morgan fingerprint density at radius 2 is 2.16 bits per heavy atom. The molecule has 0 unspecified atom stereocenters.